The van der Waals surface area contributed by atoms with Crippen molar-refractivity contribution in [3.8, 4) is 0 Å². The van der Waals surface area contributed by atoms with Gasteiger partial charge in [0.15, 0.2) is 4.80 Å². The molecule has 112 valence electrons. The number of fused-ring (bicyclic) bond motifs is 1. The van der Waals surface area contributed by atoms with Crippen LogP contribution < -0.4 is 4.80 Å². The Morgan fingerprint density at radius 1 is 1.23 bits per heavy atom. The molecule has 1 aromatic heterocycles. The Balaban J connectivity index is 2.15. The lowest BCUT2D eigenvalue weighted by molar-refractivity contribution is 0.0998. The maximum Gasteiger partial charge on any atom is 0.279 e. The molecule has 0 radical (unpaired) electrons. The highest BCUT2D eigenvalue weighted by Crippen LogP contribution is 2.22. The monoisotopic (exact) mass is 330 g/mol. The molecule has 5 heteroatoms. The van der Waals surface area contributed by atoms with E-state index in [1.165, 1.54) is 11.3 Å². The minimum atomic E-state index is -0.219. The molecule has 0 atom stereocenters. The topological polar surface area (TPSA) is 34.4 Å². The lowest BCUT2D eigenvalue weighted by Crippen LogP contribution is -2.16. The summed E-state index contributed by atoms with van der Waals surface area (Å²) in [6.07, 6.45) is 0.973. The van der Waals surface area contributed by atoms with Crippen LogP contribution in [0.15, 0.2) is 53.5 Å². The Bertz CT molecular complexity index is 881. The number of carbonyl (C=O) groups is 1. The molecule has 1 amide bonds. The molecule has 0 unspecified atom stereocenters. The first-order valence-corrected chi connectivity index (χ1v) is 8.31. The lowest BCUT2D eigenvalue weighted by atomic mass is 10.2. The van der Waals surface area contributed by atoms with E-state index in [0.29, 0.717) is 15.4 Å². The number of nitrogens with zero attached hydrogens (tertiary/aromatic N) is 2. The fourth-order valence-corrected chi connectivity index (χ4v) is 3.63. The number of aryl methyl sites for hydroxylation is 1. The highest BCUT2D eigenvalue weighted by molar-refractivity contribution is 7.16. The number of benzene rings is 2. The van der Waals surface area contributed by atoms with Crippen LogP contribution in [0.2, 0.25) is 5.02 Å². The van der Waals surface area contributed by atoms with E-state index in [0.717, 1.165) is 23.2 Å². The van der Waals surface area contributed by atoms with E-state index < -0.39 is 0 Å². The van der Waals surface area contributed by atoms with Crippen molar-refractivity contribution in [2.24, 2.45) is 4.99 Å². The summed E-state index contributed by atoms with van der Waals surface area (Å²) in [5.41, 5.74) is 1.66. The van der Waals surface area contributed by atoms with Crippen LogP contribution in [-0.4, -0.2) is 10.5 Å². The highest BCUT2D eigenvalue weighted by atomic mass is 35.5. The third-order valence-electron chi connectivity index (χ3n) is 3.31. The zero-order valence-corrected chi connectivity index (χ0v) is 13.7. The van der Waals surface area contributed by atoms with Gasteiger partial charge in [0.05, 0.1) is 10.2 Å². The van der Waals surface area contributed by atoms with E-state index in [4.69, 9.17) is 11.6 Å². The van der Waals surface area contributed by atoms with Gasteiger partial charge in [-0.25, -0.2) is 0 Å². The molecule has 3 aromatic rings. The van der Waals surface area contributed by atoms with Gasteiger partial charge < -0.3 is 4.57 Å². The molecule has 0 N–H and O–H groups in total. The molecule has 3 nitrogen and oxygen atoms in total. The molecular formula is C17H15ClN2OS. The van der Waals surface area contributed by atoms with E-state index >= 15 is 0 Å². The van der Waals surface area contributed by atoms with Gasteiger partial charge in [-0.2, -0.15) is 4.99 Å². The lowest BCUT2D eigenvalue weighted by Gasteiger charge is -2.02. The maximum absolute atomic E-state index is 12.3. The van der Waals surface area contributed by atoms with Crippen molar-refractivity contribution in [1.82, 2.24) is 4.57 Å². The smallest absolute Gasteiger partial charge is 0.279 e. The van der Waals surface area contributed by atoms with E-state index in [9.17, 15) is 4.79 Å². The second-order valence-corrected chi connectivity index (χ2v) is 6.38. The summed E-state index contributed by atoms with van der Waals surface area (Å²) >= 11 is 7.55. The summed E-state index contributed by atoms with van der Waals surface area (Å²) in [4.78, 5) is 17.3. The predicted molar refractivity (Wildman–Crippen MR) is 91.5 cm³/mol. The van der Waals surface area contributed by atoms with Gasteiger partial charge in [0.25, 0.3) is 5.91 Å². The normalized spacial score (nSPS) is 12.0. The summed E-state index contributed by atoms with van der Waals surface area (Å²) in [6.45, 7) is 2.93. The largest absolute Gasteiger partial charge is 0.316 e. The van der Waals surface area contributed by atoms with Crippen molar-refractivity contribution < 1.29 is 4.79 Å². The maximum atomic E-state index is 12.3. The molecule has 0 saturated heterocycles. The van der Waals surface area contributed by atoms with Crippen LogP contribution >= 0.6 is 22.9 Å². The number of aromatic nitrogens is 1. The summed E-state index contributed by atoms with van der Waals surface area (Å²) in [7, 11) is 0. The molecule has 0 bridgehead atoms. The Morgan fingerprint density at radius 3 is 2.73 bits per heavy atom. The first kappa shape index (κ1) is 15.0. The Labute approximate surface area is 137 Å². The van der Waals surface area contributed by atoms with Crippen molar-refractivity contribution in [2.75, 3.05) is 0 Å². The van der Waals surface area contributed by atoms with Crippen molar-refractivity contribution in [3.05, 3.63) is 63.9 Å². The Hall–Kier alpha value is -1.91. The molecule has 0 aliphatic carbocycles. The molecule has 0 aliphatic rings. The Morgan fingerprint density at radius 2 is 2.00 bits per heavy atom. The van der Waals surface area contributed by atoms with Crippen molar-refractivity contribution in [3.63, 3.8) is 0 Å². The average molecular weight is 331 g/mol. The molecule has 0 spiro atoms. The van der Waals surface area contributed by atoms with Crippen molar-refractivity contribution in [1.29, 1.82) is 0 Å². The Kier molecular flexibility index (Phi) is 4.41. The van der Waals surface area contributed by atoms with Crippen molar-refractivity contribution in [2.45, 2.75) is 19.9 Å². The van der Waals surface area contributed by atoms with Gasteiger partial charge >= 0.3 is 0 Å². The minimum Gasteiger partial charge on any atom is -0.316 e. The number of rotatable bonds is 3. The van der Waals surface area contributed by atoms with Crippen LogP contribution in [0.1, 0.15) is 23.7 Å². The average Bonchev–Trinajstić information content (AvgIpc) is 2.85. The van der Waals surface area contributed by atoms with Gasteiger partial charge in [0.2, 0.25) is 0 Å². The number of hydrogen-bond donors (Lipinski definition) is 0. The van der Waals surface area contributed by atoms with Crippen LogP contribution in [-0.2, 0) is 6.54 Å². The van der Waals surface area contributed by atoms with Gasteiger partial charge in [-0.15, -0.1) is 0 Å². The van der Waals surface area contributed by atoms with E-state index in [1.807, 2.05) is 36.4 Å². The van der Waals surface area contributed by atoms with Crippen LogP contribution in [0.25, 0.3) is 10.2 Å². The van der Waals surface area contributed by atoms with Gasteiger partial charge in [0.1, 0.15) is 0 Å². The second-order valence-electron chi connectivity index (χ2n) is 4.93. The molecule has 1 heterocycles. The summed E-state index contributed by atoms with van der Waals surface area (Å²) in [5, 5.41) is 0.693. The van der Waals surface area contributed by atoms with E-state index in [-0.39, 0.29) is 5.91 Å². The molecule has 22 heavy (non-hydrogen) atoms. The first-order chi connectivity index (χ1) is 10.7. The number of thiazole rings is 1. The molecule has 3 rings (SSSR count). The molecular weight excluding hydrogens is 316 g/mol. The standard InChI is InChI=1S/C17H15ClN2OS/c1-2-10-20-14-9-8-13(18)11-15(14)22-17(20)19-16(21)12-6-4-3-5-7-12/h3-9,11H,2,10H2,1H3. The predicted octanol–water partition coefficient (Wildman–Crippen LogP) is 4.51. The van der Waals surface area contributed by atoms with Crippen LogP contribution in [0.5, 0.6) is 0 Å². The quantitative estimate of drug-likeness (QED) is 0.696. The number of amides is 1. The molecule has 0 aliphatic heterocycles. The highest BCUT2D eigenvalue weighted by Gasteiger charge is 2.09. The fourth-order valence-electron chi connectivity index (χ4n) is 2.30. The third-order valence-corrected chi connectivity index (χ3v) is 4.59. The number of hydrogen-bond acceptors (Lipinski definition) is 2. The van der Waals surface area contributed by atoms with Gasteiger partial charge in [0, 0.05) is 17.1 Å². The molecule has 0 saturated carbocycles. The minimum absolute atomic E-state index is 0.219. The number of halogens is 1. The summed E-state index contributed by atoms with van der Waals surface area (Å²) in [6, 6.07) is 14.9. The van der Waals surface area contributed by atoms with Crippen molar-refractivity contribution >= 4 is 39.1 Å². The van der Waals surface area contributed by atoms with Gasteiger partial charge in [-0.1, -0.05) is 48.1 Å². The van der Waals surface area contributed by atoms with E-state index in [1.54, 1.807) is 12.1 Å². The van der Waals surface area contributed by atoms with E-state index in [2.05, 4.69) is 16.5 Å². The van der Waals surface area contributed by atoms with Crippen LogP contribution in [0.3, 0.4) is 0 Å². The molecule has 0 fully saturated rings. The van der Waals surface area contributed by atoms with Gasteiger partial charge in [-0.05, 0) is 36.8 Å². The first-order valence-electron chi connectivity index (χ1n) is 7.12. The third kappa shape index (κ3) is 2.98. The zero-order valence-electron chi connectivity index (χ0n) is 12.1. The van der Waals surface area contributed by atoms with Gasteiger partial charge in [-0.3, -0.25) is 4.79 Å². The zero-order chi connectivity index (χ0) is 15.5. The van der Waals surface area contributed by atoms with Crippen LogP contribution in [0, 0.1) is 0 Å². The summed E-state index contributed by atoms with van der Waals surface area (Å²) < 4.78 is 3.12. The second kappa shape index (κ2) is 6.46. The fraction of sp³-hybridized carbons (Fsp3) is 0.176. The van der Waals surface area contributed by atoms with Crippen LogP contribution in [0.4, 0.5) is 0 Å². The summed E-state index contributed by atoms with van der Waals surface area (Å²) in [5.74, 6) is -0.219. The number of carbonyl (C=O) groups excluding carboxylic acids is 1. The molecule has 2 aromatic carbocycles. The SMILES string of the molecule is CCCn1c(=NC(=O)c2ccccc2)sc2cc(Cl)ccc21.